The Morgan fingerprint density at radius 3 is 2.52 bits per heavy atom. The van der Waals surface area contributed by atoms with Gasteiger partial charge in [0.05, 0.1) is 22.2 Å². The molecule has 2 saturated heterocycles. The molecular formula is C25H30N2O5S. The van der Waals surface area contributed by atoms with E-state index in [0.29, 0.717) is 5.01 Å². The number of benzene rings is 1. The number of hydrogen-bond donors (Lipinski definition) is 2. The van der Waals surface area contributed by atoms with Crippen molar-refractivity contribution in [2.45, 2.75) is 75.9 Å². The summed E-state index contributed by atoms with van der Waals surface area (Å²) < 4.78 is 6.46. The smallest absolute Gasteiger partial charge is 0.312 e. The zero-order valence-corrected chi connectivity index (χ0v) is 19.4. The lowest BCUT2D eigenvalue weighted by molar-refractivity contribution is -0.124. The molecule has 0 bridgehead atoms. The Kier molecular flexibility index (Phi) is 7.55. The lowest BCUT2D eigenvalue weighted by atomic mass is 9.89. The van der Waals surface area contributed by atoms with Gasteiger partial charge >= 0.3 is 5.24 Å². The molecule has 3 amide bonds. The molecule has 7 nitrogen and oxygen atoms in total. The minimum absolute atomic E-state index is 0.00946. The Bertz CT molecular complexity index is 963. The van der Waals surface area contributed by atoms with Gasteiger partial charge in [0.25, 0.3) is 11.8 Å². The molecule has 4 rings (SSSR count). The van der Waals surface area contributed by atoms with E-state index >= 15 is 0 Å². The maximum absolute atomic E-state index is 12.6. The standard InChI is InChI=1S/C25H30N2O5S/c28-20-12-6-5-11-19(20)22(29)26-27-23(30)21(33-24(27)31)13-9-10-18-14-17-25(32-18)15-7-3-1-2-4-8-16-25/h5-6,9-13,18,28H,1-4,7-8,14-17H2,(H,26,29)/b10-9+,21-13+. The van der Waals surface area contributed by atoms with Crippen LogP contribution in [0.15, 0.2) is 47.4 Å². The van der Waals surface area contributed by atoms with Gasteiger partial charge in [0.15, 0.2) is 0 Å². The second kappa shape index (κ2) is 10.6. The molecule has 2 N–H and O–H groups in total. The summed E-state index contributed by atoms with van der Waals surface area (Å²) in [6, 6.07) is 5.94. The first-order valence-electron chi connectivity index (χ1n) is 11.7. The molecule has 8 heteroatoms. The number of hydrogen-bond acceptors (Lipinski definition) is 6. The molecule has 1 spiro atoms. The average molecular weight is 471 g/mol. The van der Waals surface area contributed by atoms with Gasteiger partial charge in [-0.2, -0.15) is 5.01 Å². The van der Waals surface area contributed by atoms with Gasteiger partial charge < -0.3 is 9.84 Å². The third-order valence-electron chi connectivity index (χ3n) is 6.53. The van der Waals surface area contributed by atoms with Crippen LogP contribution in [0.4, 0.5) is 4.79 Å². The summed E-state index contributed by atoms with van der Waals surface area (Å²) >= 11 is 0.764. The quantitative estimate of drug-likeness (QED) is 0.586. The van der Waals surface area contributed by atoms with Gasteiger partial charge in [-0.05, 0) is 55.7 Å². The van der Waals surface area contributed by atoms with E-state index in [2.05, 4.69) is 5.43 Å². The van der Waals surface area contributed by atoms with Crippen molar-refractivity contribution in [2.24, 2.45) is 0 Å². The molecule has 176 valence electrons. The van der Waals surface area contributed by atoms with Crippen LogP contribution in [-0.4, -0.2) is 38.9 Å². The Balaban J connectivity index is 1.35. The fraction of sp³-hybridized carbons (Fsp3) is 0.480. The Morgan fingerprint density at radius 2 is 1.79 bits per heavy atom. The topological polar surface area (TPSA) is 95.9 Å². The van der Waals surface area contributed by atoms with Crippen molar-refractivity contribution in [3.63, 3.8) is 0 Å². The minimum atomic E-state index is -0.730. The molecule has 2 heterocycles. The van der Waals surface area contributed by atoms with E-state index in [1.807, 2.05) is 6.08 Å². The number of hydrazine groups is 1. The predicted octanol–water partition coefficient (Wildman–Crippen LogP) is 5.22. The van der Waals surface area contributed by atoms with Crippen molar-refractivity contribution in [2.75, 3.05) is 0 Å². The van der Waals surface area contributed by atoms with Crippen LogP contribution >= 0.6 is 11.8 Å². The largest absolute Gasteiger partial charge is 0.507 e. The fourth-order valence-electron chi connectivity index (χ4n) is 4.75. The van der Waals surface area contributed by atoms with Crippen molar-refractivity contribution >= 4 is 28.8 Å². The van der Waals surface area contributed by atoms with E-state index in [9.17, 15) is 19.5 Å². The number of nitrogens with zero attached hydrogens (tertiary/aromatic N) is 1. The first-order chi connectivity index (χ1) is 16.0. The van der Waals surface area contributed by atoms with Crippen molar-refractivity contribution in [3.8, 4) is 5.75 Å². The number of nitrogens with one attached hydrogen (secondary N) is 1. The third-order valence-corrected chi connectivity index (χ3v) is 7.42. The van der Waals surface area contributed by atoms with E-state index in [4.69, 9.17) is 4.74 Å². The number of para-hydroxylation sites is 1. The summed E-state index contributed by atoms with van der Waals surface area (Å²) in [5.41, 5.74) is 2.25. The Labute approximate surface area is 198 Å². The normalized spacial score (nSPS) is 24.9. The average Bonchev–Trinajstić information content (AvgIpc) is 3.35. The minimum Gasteiger partial charge on any atom is -0.507 e. The number of ether oxygens (including phenoxy) is 1. The van der Waals surface area contributed by atoms with E-state index < -0.39 is 17.1 Å². The number of amides is 3. The summed E-state index contributed by atoms with van der Waals surface area (Å²) in [6.45, 7) is 0. The van der Waals surface area contributed by atoms with Crippen LogP contribution in [0.3, 0.4) is 0 Å². The predicted molar refractivity (Wildman–Crippen MR) is 126 cm³/mol. The highest BCUT2D eigenvalue weighted by Gasteiger charge is 2.39. The molecule has 1 aromatic rings. The van der Waals surface area contributed by atoms with Crippen LogP contribution in [0.2, 0.25) is 0 Å². The molecule has 1 aliphatic carbocycles. The van der Waals surface area contributed by atoms with Gasteiger partial charge in [0.2, 0.25) is 0 Å². The molecule has 1 aromatic carbocycles. The van der Waals surface area contributed by atoms with Crippen LogP contribution in [0, 0.1) is 0 Å². The van der Waals surface area contributed by atoms with E-state index in [-0.39, 0.29) is 27.9 Å². The first-order valence-corrected chi connectivity index (χ1v) is 12.5. The van der Waals surface area contributed by atoms with Crippen molar-refractivity contribution in [1.29, 1.82) is 0 Å². The first kappa shape index (κ1) is 23.6. The van der Waals surface area contributed by atoms with E-state index in [1.54, 1.807) is 24.3 Å². The van der Waals surface area contributed by atoms with Gasteiger partial charge in [0.1, 0.15) is 5.75 Å². The summed E-state index contributed by atoms with van der Waals surface area (Å²) in [7, 11) is 0. The molecule has 1 unspecified atom stereocenters. The lowest BCUT2D eigenvalue weighted by Gasteiger charge is -2.29. The molecule has 3 fully saturated rings. The molecule has 2 aliphatic heterocycles. The van der Waals surface area contributed by atoms with Gasteiger partial charge in [-0.1, -0.05) is 62.8 Å². The monoisotopic (exact) mass is 470 g/mol. The van der Waals surface area contributed by atoms with Crippen LogP contribution in [-0.2, 0) is 9.53 Å². The lowest BCUT2D eigenvalue weighted by Crippen LogP contribution is -2.44. The van der Waals surface area contributed by atoms with Crippen molar-refractivity contribution in [1.82, 2.24) is 10.4 Å². The fourth-order valence-corrected chi connectivity index (χ4v) is 5.48. The van der Waals surface area contributed by atoms with E-state index in [0.717, 1.165) is 37.4 Å². The molecule has 3 aliphatic rings. The Morgan fingerprint density at radius 1 is 1.09 bits per heavy atom. The zero-order valence-electron chi connectivity index (χ0n) is 18.6. The molecule has 0 aromatic heterocycles. The number of carbonyl (C=O) groups is 3. The van der Waals surface area contributed by atoms with Crippen LogP contribution in [0.25, 0.3) is 0 Å². The van der Waals surface area contributed by atoms with Gasteiger partial charge in [-0.3, -0.25) is 19.8 Å². The van der Waals surface area contributed by atoms with Gasteiger partial charge in [0, 0.05) is 0 Å². The molecule has 33 heavy (non-hydrogen) atoms. The van der Waals surface area contributed by atoms with Crippen LogP contribution < -0.4 is 5.43 Å². The maximum Gasteiger partial charge on any atom is 0.312 e. The molecular weight excluding hydrogens is 440 g/mol. The molecule has 1 saturated carbocycles. The zero-order chi connectivity index (χ0) is 23.3. The number of rotatable bonds is 4. The van der Waals surface area contributed by atoms with Crippen molar-refractivity contribution < 1.29 is 24.2 Å². The van der Waals surface area contributed by atoms with E-state index in [1.165, 1.54) is 50.7 Å². The SMILES string of the molecule is O=C(NN1C(=O)S/C(=C/C=C/C2CCC3(CCCCCCCC3)O2)C1=O)c1ccccc1O. The highest BCUT2D eigenvalue weighted by Crippen LogP contribution is 2.40. The highest BCUT2D eigenvalue weighted by molar-refractivity contribution is 8.18. The number of allylic oxidation sites excluding steroid dienone is 2. The van der Waals surface area contributed by atoms with Crippen LogP contribution in [0.5, 0.6) is 5.75 Å². The summed E-state index contributed by atoms with van der Waals surface area (Å²) in [4.78, 5) is 37.4. The second-order valence-corrected chi connectivity index (χ2v) is 9.87. The van der Waals surface area contributed by atoms with Gasteiger partial charge in [-0.25, -0.2) is 0 Å². The van der Waals surface area contributed by atoms with Crippen molar-refractivity contribution in [3.05, 3.63) is 53.0 Å². The summed E-state index contributed by atoms with van der Waals surface area (Å²) in [5.74, 6) is -1.56. The number of carbonyl (C=O) groups excluding carboxylic acids is 3. The second-order valence-electron chi connectivity index (χ2n) is 8.88. The number of phenols is 1. The third kappa shape index (κ3) is 5.68. The number of imide groups is 1. The highest BCUT2D eigenvalue weighted by atomic mass is 32.2. The number of aromatic hydroxyl groups is 1. The van der Waals surface area contributed by atoms with Crippen LogP contribution in [0.1, 0.15) is 74.6 Å². The van der Waals surface area contributed by atoms with Gasteiger partial charge in [-0.15, -0.1) is 0 Å². The summed E-state index contributed by atoms with van der Waals surface area (Å²) in [6.07, 6.45) is 17.2. The number of phenolic OH excluding ortho intramolecular Hbond substituents is 1. The molecule has 1 atom stereocenters. The summed E-state index contributed by atoms with van der Waals surface area (Å²) in [5, 5.41) is 9.89. The maximum atomic E-state index is 12.6. The molecule has 0 radical (unpaired) electrons. The number of thioether (sulfide) groups is 1. The Hall–Kier alpha value is -2.58.